The van der Waals surface area contributed by atoms with E-state index in [0.717, 1.165) is 45.1 Å². The van der Waals surface area contributed by atoms with E-state index < -0.39 is 5.97 Å². The molecule has 0 amide bonds. The zero-order valence-corrected chi connectivity index (χ0v) is 19.0. The molecule has 0 unspecified atom stereocenters. The van der Waals surface area contributed by atoms with E-state index in [0.29, 0.717) is 17.9 Å². The molecule has 1 N–H and O–H groups in total. The molecule has 0 radical (unpaired) electrons. The van der Waals surface area contributed by atoms with Crippen LogP contribution < -0.4 is 4.74 Å². The van der Waals surface area contributed by atoms with Gasteiger partial charge in [-0.05, 0) is 53.3 Å². The van der Waals surface area contributed by atoms with Crippen molar-refractivity contribution in [3.63, 3.8) is 0 Å². The molecule has 0 heterocycles. The second-order valence-electron chi connectivity index (χ2n) is 8.56. The standard InChI is InChI=1S/C27H32NO4/c1-3-31-27(29)25-24(20-12-8-5-9-13-20)22-15-14-21(18-23(22)26(25)28(2)30)32-17-16-19-10-6-4-7-11-19/h5,8-9,12-15,18-19,30H,3-4,6-7,10-11,16-17H2,1-2H3/q+1/b28-26+. The first-order chi connectivity index (χ1) is 15.6. The Labute approximate surface area is 190 Å². The van der Waals surface area contributed by atoms with Crippen molar-refractivity contribution in [2.75, 3.05) is 20.3 Å². The van der Waals surface area contributed by atoms with Crippen LogP contribution in [0.3, 0.4) is 0 Å². The summed E-state index contributed by atoms with van der Waals surface area (Å²) in [6, 6.07) is 15.6. The topological polar surface area (TPSA) is 58.8 Å². The average Bonchev–Trinajstić information content (AvgIpc) is 3.15. The minimum absolute atomic E-state index is 0.263. The van der Waals surface area contributed by atoms with E-state index in [9.17, 15) is 10.0 Å². The normalized spacial score (nSPS) is 17.8. The van der Waals surface area contributed by atoms with Crippen molar-refractivity contribution in [2.45, 2.75) is 45.4 Å². The van der Waals surface area contributed by atoms with Gasteiger partial charge in [-0.15, -0.1) is 0 Å². The molecule has 2 aromatic carbocycles. The maximum Gasteiger partial charge on any atom is 0.345 e. The third kappa shape index (κ3) is 4.57. The molecule has 32 heavy (non-hydrogen) atoms. The first kappa shape index (κ1) is 22.1. The highest BCUT2D eigenvalue weighted by atomic mass is 16.5. The van der Waals surface area contributed by atoms with E-state index in [2.05, 4.69) is 0 Å². The summed E-state index contributed by atoms with van der Waals surface area (Å²) in [5.41, 5.74) is 4.14. The van der Waals surface area contributed by atoms with Gasteiger partial charge >= 0.3 is 5.97 Å². The van der Waals surface area contributed by atoms with Crippen molar-refractivity contribution < 1.29 is 24.2 Å². The number of hydrogen-bond acceptors (Lipinski definition) is 4. The summed E-state index contributed by atoms with van der Waals surface area (Å²) < 4.78 is 12.5. The van der Waals surface area contributed by atoms with E-state index in [1.165, 1.54) is 39.2 Å². The van der Waals surface area contributed by atoms with E-state index in [1.807, 2.05) is 48.5 Å². The third-order valence-electron chi connectivity index (χ3n) is 6.39. The molecule has 5 heteroatoms. The summed E-state index contributed by atoms with van der Waals surface area (Å²) in [5.74, 6) is 1.06. The zero-order valence-electron chi connectivity index (χ0n) is 19.0. The Kier molecular flexibility index (Phi) is 6.93. The first-order valence-electron chi connectivity index (χ1n) is 11.6. The summed E-state index contributed by atoms with van der Waals surface area (Å²) >= 11 is 0. The van der Waals surface area contributed by atoms with E-state index >= 15 is 0 Å². The molecule has 1 fully saturated rings. The van der Waals surface area contributed by atoms with Gasteiger partial charge in [0.15, 0.2) is 7.05 Å². The number of hydrogen-bond donors (Lipinski definition) is 1. The fourth-order valence-corrected chi connectivity index (χ4v) is 4.88. The second kappa shape index (κ2) is 10.0. The van der Waals surface area contributed by atoms with Crippen molar-refractivity contribution in [1.82, 2.24) is 0 Å². The molecule has 5 nitrogen and oxygen atoms in total. The van der Waals surface area contributed by atoms with Gasteiger partial charge in [0.05, 0.1) is 18.8 Å². The Morgan fingerprint density at radius 3 is 2.50 bits per heavy atom. The molecule has 0 aromatic heterocycles. The predicted molar refractivity (Wildman–Crippen MR) is 124 cm³/mol. The highest BCUT2D eigenvalue weighted by molar-refractivity contribution is 6.35. The van der Waals surface area contributed by atoms with Crippen LogP contribution in [-0.4, -0.2) is 41.9 Å². The lowest BCUT2D eigenvalue weighted by Crippen LogP contribution is -2.22. The number of benzene rings is 2. The van der Waals surface area contributed by atoms with E-state index in [4.69, 9.17) is 9.47 Å². The van der Waals surface area contributed by atoms with Crippen LogP contribution in [0.2, 0.25) is 0 Å². The largest absolute Gasteiger partial charge is 0.494 e. The molecule has 2 aliphatic rings. The zero-order chi connectivity index (χ0) is 22.5. The van der Waals surface area contributed by atoms with Gasteiger partial charge in [-0.25, -0.2) is 4.79 Å². The summed E-state index contributed by atoms with van der Waals surface area (Å²) in [6.07, 6.45) is 7.68. The molecular formula is C27H32NO4+. The molecule has 0 bridgehead atoms. The third-order valence-corrected chi connectivity index (χ3v) is 6.39. The van der Waals surface area contributed by atoms with Crippen LogP contribution in [0.1, 0.15) is 62.1 Å². The Balaban J connectivity index is 1.67. The van der Waals surface area contributed by atoms with Crippen LogP contribution >= 0.6 is 0 Å². The van der Waals surface area contributed by atoms with Crippen LogP contribution in [0.25, 0.3) is 5.57 Å². The highest BCUT2D eigenvalue weighted by Crippen LogP contribution is 2.40. The molecular weight excluding hydrogens is 402 g/mol. The van der Waals surface area contributed by atoms with Crippen molar-refractivity contribution in [3.8, 4) is 5.75 Å². The first-order valence-corrected chi connectivity index (χ1v) is 11.6. The minimum Gasteiger partial charge on any atom is -0.494 e. The number of carbonyl (C=O) groups is 1. The molecule has 0 saturated heterocycles. The molecule has 0 atom stereocenters. The lowest BCUT2D eigenvalue weighted by atomic mass is 9.87. The monoisotopic (exact) mass is 434 g/mol. The van der Waals surface area contributed by atoms with Crippen LogP contribution in [0, 0.1) is 5.92 Å². The molecule has 1 saturated carbocycles. The fraction of sp³-hybridized carbons (Fsp3) is 0.407. The van der Waals surface area contributed by atoms with Gasteiger partial charge in [0, 0.05) is 5.57 Å². The predicted octanol–water partition coefficient (Wildman–Crippen LogP) is 5.24. The summed E-state index contributed by atoms with van der Waals surface area (Å²) in [5, 5.41) is 10.5. The number of esters is 1. The smallest absolute Gasteiger partial charge is 0.345 e. The molecule has 168 valence electrons. The summed E-state index contributed by atoms with van der Waals surface area (Å²) in [7, 11) is 1.53. The number of fused-ring (bicyclic) bond motifs is 1. The van der Waals surface area contributed by atoms with E-state index in [-0.39, 0.29) is 6.61 Å². The van der Waals surface area contributed by atoms with E-state index in [1.54, 1.807) is 6.92 Å². The highest BCUT2D eigenvalue weighted by Gasteiger charge is 2.40. The van der Waals surface area contributed by atoms with Gasteiger partial charge in [0.2, 0.25) is 0 Å². The number of rotatable bonds is 7. The summed E-state index contributed by atoms with van der Waals surface area (Å²) in [4.78, 5) is 13.0. The SMILES string of the molecule is CCOC(=O)C1=C(c2ccccc2)c2ccc(OCCC3CCCCC3)cc2/C1=[N+](/C)O. The lowest BCUT2D eigenvalue weighted by Gasteiger charge is -2.21. The Morgan fingerprint density at radius 2 is 1.81 bits per heavy atom. The quantitative estimate of drug-likeness (QED) is 0.280. The van der Waals surface area contributed by atoms with Gasteiger partial charge in [0.1, 0.15) is 11.3 Å². The van der Waals surface area contributed by atoms with Crippen molar-refractivity contribution >= 4 is 17.3 Å². The van der Waals surface area contributed by atoms with Crippen molar-refractivity contribution in [1.29, 1.82) is 0 Å². The Morgan fingerprint density at radius 1 is 1.06 bits per heavy atom. The molecule has 4 rings (SSSR count). The second-order valence-corrected chi connectivity index (χ2v) is 8.56. The van der Waals surface area contributed by atoms with Crippen molar-refractivity contribution in [3.05, 3.63) is 70.8 Å². The molecule has 2 aliphatic carbocycles. The number of nitrogens with zero attached hydrogens (tertiary/aromatic N) is 1. The summed E-state index contributed by atoms with van der Waals surface area (Å²) in [6.45, 7) is 2.72. The molecule has 0 spiro atoms. The number of carbonyl (C=O) groups excluding carboxylic acids is 1. The maximum absolute atomic E-state index is 13.0. The van der Waals surface area contributed by atoms with Gasteiger partial charge in [-0.1, -0.05) is 62.4 Å². The van der Waals surface area contributed by atoms with Crippen LogP contribution in [0.5, 0.6) is 5.75 Å². The number of hydroxylamine groups is 1. The van der Waals surface area contributed by atoms with Gasteiger partial charge in [0.25, 0.3) is 5.71 Å². The van der Waals surface area contributed by atoms with Gasteiger partial charge in [-0.3, -0.25) is 5.21 Å². The van der Waals surface area contributed by atoms with Crippen molar-refractivity contribution in [2.24, 2.45) is 5.92 Å². The lowest BCUT2D eigenvalue weighted by molar-refractivity contribution is -0.753. The van der Waals surface area contributed by atoms with Crippen LogP contribution in [-0.2, 0) is 9.53 Å². The average molecular weight is 435 g/mol. The fourth-order valence-electron chi connectivity index (χ4n) is 4.88. The molecule has 2 aromatic rings. The van der Waals surface area contributed by atoms with Crippen LogP contribution in [0.15, 0.2) is 54.1 Å². The Hall–Kier alpha value is -3.08. The van der Waals surface area contributed by atoms with Gasteiger partial charge < -0.3 is 9.47 Å². The maximum atomic E-state index is 13.0. The Bertz CT molecular complexity index is 1030. The number of ether oxygens (including phenoxy) is 2. The minimum atomic E-state index is -0.446. The molecule has 0 aliphatic heterocycles. The van der Waals surface area contributed by atoms with Crippen LogP contribution in [0.4, 0.5) is 0 Å². The van der Waals surface area contributed by atoms with Gasteiger partial charge in [-0.2, -0.15) is 0 Å².